The molecule has 0 fully saturated rings. The van der Waals surface area contributed by atoms with Gasteiger partial charge in [-0.25, -0.2) is 4.39 Å². The number of carbonyl (C=O) groups is 1. The molecule has 0 saturated heterocycles. The minimum absolute atomic E-state index is 0.0824. The van der Waals surface area contributed by atoms with Gasteiger partial charge in [-0.15, -0.1) is 0 Å². The zero-order chi connectivity index (χ0) is 16.8. The van der Waals surface area contributed by atoms with E-state index >= 15 is 0 Å². The van der Waals surface area contributed by atoms with Crippen molar-refractivity contribution in [2.75, 3.05) is 19.7 Å². The first-order valence-corrected chi connectivity index (χ1v) is 7.56. The third kappa shape index (κ3) is 3.87. The summed E-state index contributed by atoms with van der Waals surface area (Å²) in [5.74, 6) is -1.24. The molecule has 0 aliphatic carbocycles. The molecule has 2 rings (SSSR count). The highest BCUT2D eigenvalue weighted by molar-refractivity contribution is 5.94. The lowest BCUT2D eigenvalue weighted by molar-refractivity contribution is 0.0722. The Hall–Kier alpha value is -2.40. The highest BCUT2D eigenvalue weighted by atomic mass is 19.1. The van der Waals surface area contributed by atoms with E-state index in [4.69, 9.17) is 5.11 Å². The Morgan fingerprint density at radius 1 is 1.13 bits per heavy atom. The van der Waals surface area contributed by atoms with E-state index < -0.39 is 11.6 Å². The van der Waals surface area contributed by atoms with Gasteiger partial charge in [-0.3, -0.25) is 4.79 Å². The Balaban J connectivity index is 2.25. The van der Waals surface area contributed by atoms with Crippen molar-refractivity contribution in [2.45, 2.75) is 13.3 Å². The molecule has 0 aliphatic heterocycles. The average Bonchev–Trinajstić information content (AvgIpc) is 2.57. The van der Waals surface area contributed by atoms with Crippen LogP contribution < -0.4 is 0 Å². The fraction of sp³-hybridized carbons (Fsp3) is 0.278. The first-order chi connectivity index (χ1) is 11.1. The lowest BCUT2D eigenvalue weighted by Gasteiger charge is -2.21. The molecule has 0 aliphatic rings. The van der Waals surface area contributed by atoms with Crippen LogP contribution in [0.5, 0.6) is 5.75 Å². The molecule has 1 amide bonds. The molecule has 0 aromatic heterocycles. The quantitative estimate of drug-likeness (QED) is 0.861. The second-order valence-corrected chi connectivity index (χ2v) is 5.23. The van der Waals surface area contributed by atoms with Gasteiger partial charge in [0.2, 0.25) is 0 Å². The minimum atomic E-state index is -0.681. The average molecular weight is 317 g/mol. The summed E-state index contributed by atoms with van der Waals surface area (Å²) in [6.07, 6.45) is 0.807. The number of hydrogen-bond donors (Lipinski definition) is 2. The number of amides is 1. The van der Waals surface area contributed by atoms with E-state index in [0.717, 1.165) is 6.42 Å². The number of aromatic hydroxyl groups is 1. The first-order valence-electron chi connectivity index (χ1n) is 7.56. The third-order valence-corrected chi connectivity index (χ3v) is 3.58. The maximum Gasteiger partial charge on any atom is 0.253 e. The summed E-state index contributed by atoms with van der Waals surface area (Å²) < 4.78 is 13.4. The predicted octanol–water partition coefficient (Wildman–Crippen LogP) is 3.04. The van der Waals surface area contributed by atoms with Crippen LogP contribution >= 0.6 is 0 Å². The summed E-state index contributed by atoms with van der Waals surface area (Å²) >= 11 is 0. The van der Waals surface area contributed by atoms with Gasteiger partial charge in [-0.05, 0) is 30.2 Å². The number of aliphatic hydroxyl groups is 1. The van der Waals surface area contributed by atoms with Crippen molar-refractivity contribution in [3.63, 3.8) is 0 Å². The molecule has 2 aromatic rings. The van der Waals surface area contributed by atoms with Crippen molar-refractivity contribution >= 4 is 5.91 Å². The number of benzene rings is 2. The molecular formula is C18H20FNO3. The largest absolute Gasteiger partial charge is 0.504 e. The SMILES string of the molecule is CCCN(CCO)C(=O)c1ccc(-c2cccc(F)c2O)cc1. The normalized spacial score (nSPS) is 10.6. The van der Waals surface area contributed by atoms with Gasteiger partial charge in [0.05, 0.1) is 6.61 Å². The Morgan fingerprint density at radius 3 is 2.43 bits per heavy atom. The predicted molar refractivity (Wildman–Crippen MR) is 86.8 cm³/mol. The van der Waals surface area contributed by atoms with Crippen LogP contribution in [-0.2, 0) is 0 Å². The second kappa shape index (κ2) is 7.74. The lowest BCUT2D eigenvalue weighted by atomic mass is 10.0. The standard InChI is InChI=1S/C18H20FNO3/c1-2-10-20(11-12-21)18(23)14-8-6-13(7-9-14)15-4-3-5-16(19)17(15)22/h3-9,21-22H,2,10-12H2,1H3. The summed E-state index contributed by atoms with van der Waals surface area (Å²) in [5, 5.41) is 18.8. The molecule has 0 saturated carbocycles. The molecule has 2 N–H and O–H groups in total. The van der Waals surface area contributed by atoms with Crippen LogP contribution in [0.4, 0.5) is 4.39 Å². The number of para-hydroxylation sites is 1. The van der Waals surface area contributed by atoms with Crippen LogP contribution in [0.25, 0.3) is 11.1 Å². The first kappa shape index (κ1) is 17.0. The topological polar surface area (TPSA) is 60.8 Å². The maximum atomic E-state index is 13.4. The number of nitrogens with zero attached hydrogens (tertiary/aromatic N) is 1. The highest BCUT2D eigenvalue weighted by Gasteiger charge is 2.15. The number of carbonyl (C=O) groups excluding carboxylic acids is 1. The lowest BCUT2D eigenvalue weighted by Crippen LogP contribution is -2.34. The van der Waals surface area contributed by atoms with Crippen molar-refractivity contribution in [1.29, 1.82) is 0 Å². The molecular weight excluding hydrogens is 297 g/mol. The van der Waals surface area contributed by atoms with E-state index in [2.05, 4.69) is 0 Å². The maximum absolute atomic E-state index is 13.4. The van der Waals surface area contributed by atoms with Crippen molar-refractivity contribution in [3.8, 4) is 16.9 Å². The number of phenolic OH excluding ortho intramolecular Hbond substituents is 1. The van der Waals surface area contributed by atoms with Gasteiger partial charge in [-0.2, -0.15) is 0 Å². The van der Waals surface area contributed by atoms with E-state index in [9.17, 15) is 14.3 Å². The van der Waals surface area contributed by atoms with Crippen LogP contribution in [0, 0.1) is 5.82 Å². The molecule has 0 bridgehead atoms. The fourth-order valence-corrected chi connectivity index (χ4v) is 2.43. The zero-order valence-electron chi connectivity index (χ0n) is 13.0. The third-order valence-electron chi connectivity index (χ3n) is 3.58. The van der Waals surface area contributed by atoms with Crippen LogP contribution in [0.15, 0.2) is 42.5 Å². The fourth-order valence-electron chi connectivity index (χ4n) is 2.43. The molecule has 0 atom stereocenters. The van der Waals surface area contributed by atoms with Gasteiger partial charge in [0, 0.05) is 24.2 Å². The summed E-state index contributed by atoms with van der Waals surface area (Å²) in [6, 6.07) is 11.0. The van der Waals surface area contributed by atoms with Gasteiger partial charge in [0.25, 0.3) is 5.91 Å². The van der Waals surface area contributed by atoms with Crippen LogP contribution in [0.2, 0.25) is 0 Å². The van der Waals surface area contributed by atoms with Gasteiger partial charge < -0.3 is 15.1 Å². The molecule has 0 spiro atoms. The Labute approximate surface area is 134 Å². The molecule has 0 radical (unpaired) electrons. The van der Waals surface area contributed by atoms with Crippen LogP contribution in [-0.4, -0.2) is 40.7 Å². The Kier molecular flexibility index (Phi) is 5.71. The molecule has 23 heavy (non-hydrogen) atoms. The van der Waals surface area contributed by atoms with Crippen molar-refractivity contribution in [2.24, 2.45) is 0 Å². The number of aliphatic hydroxyl groups excluding tert-OH is 1. The van der Waals surface area contributed by atoms with Gasteiger partial charge in [0.15, 0.2) is 11.6 Å². The molecule has 0 unspecified atom stereocenters. The van der Waals surface area contributed by atoms with E-state index in [0.29, 0.717) is 29.8 Å². The van der Waals surface area contributed by atoms with Gasteiger partial charge in [0.1, 0.15) is 0 Å². The molecule has 4 nitrogen and oxygen atoms in total. The smallest absolute Gasteiger partial charge is 0.253 e. The van der Waals surface area contributed by atoms with E-state index in [-0.39, 0.29) is 12.5 Å². The van der Waals surface area contributed by atoms with Crippen molar-refractivity contribution in [1.82, 2.24) is 4.90 Å². The van der Waals surface area contributed by atoms with Gasteiger partial charge in [-0.1, -0.05) is 31.2 Å². The van der Waals surface area contributed by atoms with E-state index in [1.165, 1.54) is 12.1 Å². The number of phenols is 1. The number of hydrogen-bond acceptors (Lipinski definition) is 3. The van der Waals surface area contributed by atoms with Crippen LogP contribution in [0.3, 0.4) is 0 Å². The monoisotopic (exact) mass is 317 g/mol. The molecule has 0 heterocycles. The Morgan fingerprint density at radius 2 is 1.83 bits per heavy atom. The number of halogens is 1. The second-order valence-electron chi connectivity index (χ2n) is 5.23. The van der Waals surface area contributed by atoms with Gasteiger partial charge >= 0.3 is 0 Å². The zero-order valence-corrected chi connectivity index (χ0v) is 13.0. The molecule has 2 aromatic carbocycles. The van der Waals surface area contributed by atoms with E-state index in [1.807, 2.05) is 6.92 Å². The molecule has 5 heteroatoms. The van der Waals surface area contributed by atoms with Crippen LogP contribution in [0.1, 0.15) is 23.7 Å². The minimum Gasteiger partial charge on any atom is -0.504 e. The molecule has 122 valence electrons. The van der Waals surface area contributed by atoms with Crippen molar-refractivity contribution in [3.05, 3.63) is 53.8 Å². The van der Waals surface area contributed by atoms with Crippen molar-refractivity contribution < 1.29 is 19.4 Å². The van der Waals surface area contributed by atoms with E-state index in [1.54, 1.807) is 35.2 Å². The summed E-state index contributed by atoms with van der Waals surface area (Å²) in [5.41, 5.74) is 1.50. The summed E-state index contributed by atoms with van der Waals surface area (Å²) in [6.45, 7) is 2.75. The Bertz CT molecular complexity index is 664. The number of rotatable bonds is 6. The summed E-state index contributed by atoms with van der Waals surface area (Å²) in [7, 11) is 0. The highest BCUT2D eigenvalue weighted by Crippen LogP contribution is 2.31. The summed E-state index contributed by atoms with van der Waals surface area (Å²) in [4.78, 5) is 14.0.